The maximum absolute atomic E-state index is 13.0. The first-order chi connectivity index (χ1) is 18.5. The second-order valence-electron chi connectivity index (χ2n) is 8.08. The standard InChI is InChI=1S/C27H27FN6O3S/c1-3-15-34-24(17-29-22-7-5-4-6-8-22)31-33-27(34)38-19(2)26(35)32-30-16-23-13-14-25(37-23)36-18-20-9-11-21(28)12-10-20/h3-14,16,19,29H,1,15,17-18H2,2H3,(H,32,35)/b30-16-/t19-/m1/s1. The minimum atomic E-state index is -0.485. The van der Waals surface area contributed by atoms with Crippen LogP contribution in [0.2, 0.25) is 0 Å². The van der Waals surface area contributed by atoms with Crippen LogP contribution in [0.1, 0.15) is 24.1 Å². The summed E-state index contributed by atoms with van der Waals surface area (Å²) in [6.07, 6.45) is 3.14. The summed E-state index contributed by atoms with van der Waals surface area (Å²) in [6.45, 7) is 6.80. The first-order valence-electron chi connectivity index (χ1n) is 11.8. The number of nitrogens with one attached hydrogen (secondary N) is 2. The second-order valence-corrected chi connectivity index (χ2v) is 9.39. The molecule has 38 heavy (non-hydrogen) atoms. The van der Waals surface area contributed by atoms with E-state index in [1.165, 1.54) is 30.1 Å². The molecule has 2 aromatic heterocycles. The molecule has 4 aromatic rings. The molecule has 2 heterocycles. The fourth-order valence-electron chi connectivity index (χ4n) is 3.26. The third kappa shape index (κ3) is 7.56. The van der Waals surface area contributed by atoms with Crippen molar-refractivity contribution in [3.8, 4) is 5.95 Å². The predicted molar refractivity (Wildman–Crippen MR) is 144 cm³/mol. The number of thioether (sulfide) groups is 1. The van der Waals surface area contributed by atoms with E-state index in [1.54, 1.807) is 37.3 Å². The zero-order chi connectivity index (χ0) is 26.7. The lowest BCUT2D eigenvalue weighted by molar-refractivity contribution is -0.120. The smallest absolute Gasteiger partial charge is 0.285 e. The number of benzene rings is 2. The summed E-state index contributed by atoms with van der Waals surface area (Å²) in [5.41, 5.74) is 4.29. The van der Waals surface area contributed by atoms with Gasteiger partial charge in [0.15, 0.2) is 16.7 Å². The molecule has 2 N–H and O–H groups in total. The SMILES string of the molecule is C=CCn1c(CNc2ccccc2)nnc1S[C@H](C)C(=O)N/N=C\c1ccc(OCc2ccc(F)cc2)o1. The van der Waals surface area contributed by atoms with Crippen LogP contribution < -0.4 is 15.5 Å². The number of allylic oxidation sites excluding steroid dienone is 1. The third-order valence-corrected chi connectivity index (χ3v) is 6.32. The molecule has 196 valence electrons. The fraction of sp³-hybridized carbons (Fsp3) is 0.185. The van der Waals surface area contributed by atoms with E-state index in [1.807, 2.05) is 34.9 Å². The summed E-state index contributed by atoms with van der Waals surface area (Å²) in [5, 5.41) is 16.0. The Morgan fingerprint density at radius 2 is 1.97 bits per heavy atom. The molecular formula is C27H27FN6O3S. The fourth-order valence-corrected chi connectivity index (χ4v) is 4.14. The zero-order valence-corrected chi connectivity index (χ0v) is 21.5. The van der Waals surface area contributed by atoms with E-state index in [-0.39, 0.29) is 24.3 Å². The number of ether oxygens (including phenoxy) is 1. The summed E-state index contributed by atoms with van der Waals surface area (Å²) >= 11 is 1.28. The normalized spacial score (nSPS) is 11.8. The molecule has 0 fully saturated rings. The number of nitrogens with zero attached hydrogens (tertiary/aromatic N) is 4. The van der Waals surface area contributed by atoms with E-state index in [0.717, 1.165) is 17.1 Å². The van der Waals surface area contributed by atoms with Crippen LogP contribution in [0.15, 0.2) is 94.1 Å². The maximum Gasteiger partial charge on any atom is 0.285 e. The minimum absolute atomic E-state index is 0.232. The van der Waals surface area contributed by atoms with Gasteiger partial charge in [0.05, 0.1) is 18.0 Å². The van der Waals surface area contributed by atoms with Crippen molar-refractivity contribution in [2.75, 3.05) is 5.32 Å². The highest BCUT2D eigenvalue weighted by Crippen LogP contribution is 2.23. The van der Waals surface area contributed by atoms with Gasteiger partial charge in [0.2, 0.25) is 0 Å². The predicted octanol–water partition coefficient (Wildman–Crippen LogP) is 5.02. The summed E-state index contributed by atoms with van der Waals surface area (Å²) in [4.78, 5) is 12.6. The highest BCUT2D eigenvalue weighted by Gasteiger charge is 2.19. The van der Waals surface area contributed by atoms with Crippen LogP contribution in [0.25, 0.3) is 0 Å². The number of carbonyl (C=O) groups is 1. The van der Waals surface area contributed by atoms with Crippen molar-refractivity contribution < 1.29 is 18.3 Å². The topological polar surface area (TPSA) is 107 Å². The Labute approximate surface area is 223 Å². The van der Waals surface area contributed by atoms with Gasteiger partial charge in [-0.2, -0.15) is 5.10 Å². The van der Waals surface area contributed by atoms with Crippen LogP contribution in [0, 0.1) is 5.82 Å². The Hall–Kier alpha value is -4.38. The summed E-state index contributed by atoms with van der Waals surface area (Å²) < 4.78 is 26.0. The molecule has 1 atom stereocenters. The van der Waals surface area contributed by atoms with Gasteiger partial charge < -0.3 is 19.0 Å². The van der Waals surface area contributed by atoms with Crippen molar-refractivity contribution in [3.63, 3.8) is 0 Å². The highest BCUT2D eigenvalue weighted by atomic mass is 32.2. The number of anilines is 1. The van der Waals surface area contributed by atoms with Crippen molar-refractivity contribution in [2.45, 2.75) is 37.0 Å². The molecule has 4 rings (SSSR count). The van der Waals surface area contributed by atoms with Crippen molar-refractivity contribution in [1.29, 1.82) is 0 Å². The lowest BCUT2D eigenvalue weighted by Gasteiger charge is -2.12. The van der Waals surface area contributed by atoms with Crippen LogP contribution in [0.4, 0.5) is 10.1 Å². The van der Waals surface area contributed by atoms with Gasteiger partial charge in [0.25, 0.3) is 11.9 Å². The van der Waals surface area contributed by atoms with Crippen LogP contribution in [-0.2, 0) is 24.5 Å². The number of hydrazone groups is 1. The number of rotatable bonds is 13. The minimum Gasteiger partial charge on any atom is -0.460 e. The molecule has 0 aliphatic rings. The molecule has 11 heteroatoms. The van der Waals surface area contributed by atoms with E-state index < -0.39 is 5.25 Å². The maximum atomic E-state index is 13.0. The van der Waals surface area contributed by atoms with Gasteiger partial charge in [-0.3, -0.25) is 4.79 Å². The Balaban J connectivity index is 1.27. The zero-order valence-electron chi connectivity index (χ0n) is 20.7. The molecule has 0 aliphatic heterocycles. The van der Waals surface area contributed by atoms with Gasteiger partial charge in [-0.15, -0.1) is 16.8 Å². The van der Waals surface area contributed by atoms with Crippen LogP contribution >= 0.6 is 11.8 Å². The monoisotopic (exact) mass is 534 g/mol. The first kappa shape index (κ1) is 26.7. The Morgan fingerprint density at radius 1 is 1.18 bits per heavy atom. The molecule has 2 aromatic carbocycles. The molecule has 0 saturated carbocycles. The van der Waals surface area contributed by atoms with E-state index in [9.17, 15) is 9.18 Å². The van der Waals surface area contributed by atoms with Crippen LogP contribution in [0.5, 0.6) is 5.95 Å². The molecule has 0 spiro atoms. The molecule has 0 saturated heterocycles. The van der Waals surface area contributed by atoms with Crippen molar-refractivity contribution in [3.05, 3.63) is 102 Å². The van der Waals surface area contributed by atoms with E-state index in [0.29, 0.717) is 24.0 Å². The average Bonchev–Trinajstić information content (AvgIpc) is 3.54. The summed E-state index contributed by atoms with van der Waals surface area (Å²) in [5.74, 6) is 0.811. The Kier molecular flexibility index (Phi) is 9.30. The number of carbonyl (C=O) groups excluding carboxylic acids is 1. The van der Waals surface area contributed by atoms with Crippen LogP contribution in [-0.4, -0.2) is 32.1 Å². The Bertz CT molecular complexity index is 1370. The highest BCUT2D eigenvalue weighted by molar-refractivity contribution is 8.00. The molecular weight excluding hydrogens is 507 g/mol. The van der Waals surface area contributed by atoms with E-state index in [2.05, 4.69) is 32.6 Å². The number of hydrogen-bond donors (Lipinski definition) is 2. The summed E-state index contributed by atoms with van der Waals surface area (Å²) in [6, 6.07) is 19.1. The first-order valence-corrected chi connectivity index (χ1v) is 12.7. The molecule has 0 unspecified atom stereocenters. The van der Waals surface area contributed by atoms with E-state index in [4.69, 9.17) is 9.15 Å². The number of hydrogen-bond acceptors (Lipinski definition) is 8. The molecule has 0 radical (unpaired) electrons. The number of halogens is 1. The van der Waals surface area contributed by atoms with Gasteiger partial charge in [0, 0.05) is 18.3 Å². The van der Waals surface area contributed by atoms with Crippen molar-refractivity contribution in [1.82, 2.24) is 20.2 Å². The molecule has 9 nitrogen and oxygen atoms in total. The average molecular weight is 535 g/mol. The molecule has 0 bridgehead atoms. The Morgan fingerprint density at radius 3 is 2.74 bits per heavy atom. The lowest BCUT2D eigenvalue weighted by Crippen LogP contribution is -2.27. The number of para-hydroxylation sites is 1. The quantitative estimate of drug-likeness (QED) is 0.107. The number of furan rings is 1. The van der Waals surface area contributed by atoms with Gasteiger partial charge >= 0.3 is 0 Å². The van der Waals surface area contributed by atoms with Crippen molar-refractivity contribution >= 4 is 29.6 Å². The molecule has 1 amide bonds. The van der Waals surface area contributed by atoms with Gasteiger partial charge in [-0.05, 0) is 42.8 Å². The lowest BCUT2D eigenvalue weighted by atomic mass is 10.2. The summed E-state index contributed by atoms with van der Waals surface area (Å²) in [7, 11) is 0. The van der Waals surface area contributed by atoms with Gasteiger partial charge in [-0.1, -0.05) is 48.2 Å². The van der Waals surface area contributed by atoms with E-state index >= 15 is 0 Å². The van der Waals surface area contributed by atoms with Gasteiger partial charge in [-0.25, -0.2) is 9.82 Å². The number of aromatic nitrogens is 3. The largest absolute Gasteiger partial charge is 0.460 e. The third-order valence-electron chi connectivity index (χ3n) is 5.24. The number of amides is 1. The van der Waals surface area contributed by atoms with Crippen molar-refractivity contribution in [2.24, 2.45) is 5.10 Å². The second kappa shape index (κ2) is 13.2. The van der Waals surface area contributed by atoms with Crippen LogP contribution in [0.3, 0.4) is 0 Å². The van der Waals surface area contributed by atoms with Gasteiger partial charge in [0.1, 0.15) is 12.4 Å². The molecule has 0 aliphatic carbocycles.